The van der Waals surface area contributed by atoms with Gasteiger partial charge in [0.05, 0.1) is 12.4 Å². The molecule has 0 aliphatic carbocycles. The highest BCUT2D eigenvalue weighted by Gasteiger charge is 2.24. The molecule has 1 N–H and O–H groups in total. The zero-order valence-electron chi connectivity index (χ0n) is 16.0. The molecule has 0 atom stereocenters. The van der Waals surface area contributed by atoms with Gasteiger partial charge < -0.3 is 19.7 Å². The molecule has 2 rings (SSSR count). The van der Waals surface area contributed by atoms with Gasteiger partial charge in [0.15, 0.2) is 6.61 Å². The average molecular weight is 473 g/mol. The predicted molar refractivity (Wildman–Crippen MR) is 110 cm³/mol. The Bertz CT molecular complexity index is 708. The third-order valence-corrected chi connectivity index (χ3v) is 5.88. The summed E-state index contributed by atoms with van der Waals surface area (Å²) in [5, 5.41) is 2.85. The minimum Gasteiger partial charge on any atom is -0.455 e. The number of nitrogens with one attached hydrogen (secondary N) is 1. The SMILES string of the molecule is CCOC(=O)N1CCC(NC(=O)COC(=O)CSc2ccc(Br)cc2C)CC1. The summed E-state index contributed by atoms with van der Waals surface area (Å²) in [5.74, 6) is -0.611. The number of amides is 2. The smallest absolute Gasteiger partial charge is 0.409 e. The molecule has 0 bridgehead atoms. The van der Waals surface area contributed by atoms with Gasteiger partial charge in [0, 0.05) is 28.5 Å². The number of halogens is 1. The Morgan fingerprint density at radius 1 is 1.25 bits per heavy atom. The summed E-state index contributed by atoms with van der Waals surface area (Å²) >= 11 is 4.79. The molecule has 2 amide bonds. The maximum absolute atomic E-state index is 12.0. The van der Waals surface area contributed by atoms with Crippen LogP contribution in [-0.2, 0) is 19.1 Å². The van der Waals surface area contributed by atoms with E-state index in [-0.39, 0.29) is 30.4 Å². The van der Waals surface area contributed by atoms with Gasteiger partial charge in [-0.2, -0.15) is 0 Å². The van der Waals surface area contributed by atoms with Crippen molar-refractivity contribution in [2.75, 3.05) is 32.1 Å². The van der Waals surface area contributed by atoms with Crippen LogP contribution in [0.4, 0.5) is 4.79 Å². The van der Waals surface area contributed by atoms with Crippen molar-refractivity contribution in [1.82, 2.24) is 10.2 Å². The number of nitrogens with zero attached hydrogens (tertiary/aromatic N) is 1. The highest BCUT2D eigenvalue weighted by molar-refractivity contribution is 9.10. The summed E-state index contributed by atoms with van der Waals surface area (Å²) < 4.78 is 11.0. The van der Waals surface area contributed by atoms with Crippen LogP contribution < -0.4 is 5.32 Å². The zero-order chi connectivity index (χ0) is 20.5. The standard InChI is InChI=1S/C19H25BrN2O5S/c1-3-26-19(25)22-8-6-15(7-9-22)21-17(23)11-27-18(24)12-28-16-5-4-14(20)10-13(16)2/h4-5,10,15H,3,6-9,11-12H2,1-2H3,(H,21,23). The average Bonchev–Trinajstić information content (AvgIpc) is 2.66. The van der Waals surface area contributed by atoms with E-state index in [1.165, 1.54) is 11.8 Å². The van der Waals surface area contributed by atoms with Crippen LogP contribution >= 0.6 is 27.7 Å². The van der Waals surface area contributed by atoms with E-state index in [0.717, 1.165) is 14.9 Å². The fraction of sp³-hybridized carbons (Fsp3) is 0.526. The second-order valence-electron chi connectivity index (χ2n) is 6.39. The second kappa shape index (κ2) is 11.3. The van der Waals surface area contributed by atoms with Crippen LogP contribution in [0.25, 0.3) is 0 Å². The maximum Gasteiger partial charge on any atom is 0.409 e. The lowest BCUT2D eigenvalue weighted by molar-refractivity contribution is -0.146. The molecule has 1 fully saturated rings. The van der Waals surface area contributed by atoms with Crippen LogP contribution in [0.1, 0.15) is 25.3 Å². The minimum atomic E-state index is -0.431. The molecule has 0 aromatic heterocycles. The van der Waals surface area contributed by atoms with Gasteiger partial charge in [-0.1, -0.05) is 15.9 Å². The second-order valence-corrected chi connectivity index (χ2v) is 8.32. The van der Waals surface area contributed by atoms with Gasteiger partial charge in [-0.3, -0.25) is 9.59 Å². The molecule has 0 radical (unpaired) electrons. The number of carbonyl (C=O) groups excluding carboxylic acids is 3. The number of likely N-dealkylation sites (tertiary alicyclic amines) is 1. The van der Waals surface area contributed by atoms with E-state index in [1.807, 2.05) is 25.1 Å². The molecule has 1 aliphatic rings. The molecule has 1 aromatic rings. The number of hydrogen-bond donors (Lipinski definition) is 1. The molecule has 0 spiro atoms. The predicted octanol–water partition coefficient (Wildman–Crippen LogP) is 3.13. The molecule has 1 saturated heterocycles. The van der Waals surface area contributed by atoms with E-state index < -0.39 is 5.97 Å². The van der Waals surface area contributed by atoms with Gasteiger partial charge in [0.25, 0.3) is 5.91 Å². The monoisotopic (exact) mass is 472 g/mol. The molecule has 0 saturated carbocycles. The van der Waals surface area contributed by atoms with Gasteiger partial charge in [0.1, 0.15) is 0 Å². The van der Waals surface area contributed by atoms with Crippen LogP contribution in [0.2, 0.25) is 0 Å². The molecule has 9 heteroatoms. The lowest BCUT2D eigenvalue weighted by Crippen LogP contribution is -2.47. The van der Waals surface area contributed by atoms with Crippen LogP contribution in [0.3, 0.4) is 0 Å². The topological polar surface area (TPSA) is 84.9 Å². The summed E-state index contributed by atoms with van der Waals surface area (Å²) in [5.41, 5.74) is 1.07. The van der Waals surface area contributed by atoms with Crippen LogP contribution in [0.15, 0.2) is 27.6 Å². The van der Waals surface area contributed by atoms with Crippen LogP contribution in [-0.4, -0.2) is 61.0 Å². The van der Waals surface area contributed by atoms with Crippen molar-refractivity contribution >= 4 is 45.7 Å². The molecule has 7 nitrogen and oxygen atoms in total. The highest BCUT2D eigenvalue weighted by atomic mass is 79.9. The van der Waals surface area contributed by atoms with E-state index in [0.29, 0.717) is 32.5 Å². The Labute approximate surface area is 177 Å². The number of rotatable bonds is 7. The van der Waals surface area contributed by atoms with Gasteiger partial charge in [-0.05, 0) is 50.5 Å². The highest BCUT2D eigenvalue weighted by Crippen LogP contribution is 2.25. The van der Waals surface area contributed by atoms with Crippen molar-refractivity contribution in [3.8, 4) is 0 Å². The fourth-order valence-electron chi connectivity index (χ4n) is 2.79. The molecule has 1 heterocycles. The van der Waals surface area contributed by atoms with Crippen molar-refractivity contribution in [2.45, 2.75) is 37.6 Å². The van der Waals surface area contributed by atoms with E-state index in [9.17, 15) is 14.4 Å². The van der Waals surface area contributed by atoms with Crippen molar-refractivity contribution in [2.24, 2.45) is 0 Å². The van der Waals surface area contributed by atoms with E-state index in [1.54, 1.807) is 11.8 Å². The molecule has 154 valence electrons. The summed E-state index contributed by atoms with van der Waals surface area (Å²) in [7, 11) is 0. The van der Waals surface area contributed by atoms with Gasteiger partial charge in [0.2, 0.25) is 0 Å². The molecule has 1 aliphatic heterocycles. The molecule has 0 unspecified atom stereocenters. The number of piperidine rings is 1. The quantitative estimate of drug-likeness (QED) is 0.484. The van der Waals surface area contributed by atoms with Crippen LogP contribution in [0, 0.1) is 6.92 Å². The normalized spacial score (nSPS) is 14.5. The van der Waals surface area contributed by atoms with Crippen molar-refractivity contribution in [3.05, 3.63) is 28.2 Å². The third kappa shape index (κ3) is 7.35. The first-order valence-corrected chi connectivity index (χ1v) is 10.9. The summed E-state index contributed by atoms with van der Waals surface area (Å²) in [4.78, 5) is 38.2. The first-order valence-electron chi connectivity index (χ1n) is 9.14. The largest absolute Gasteiger partial charge is 0.455 e. The number of aryl methyl sites for hydroxylation is 1. The molecular weight excluding hydrogens is 448 g/mol. The Balaban J connectivity index is 1.64. The van der Waals surface area contributed by atoms with Gasteiger partial charge in [-0.25, -0.2) is 4.79 Å². The van der Waals surface area contributed by atoms with E-state index in [2.05, 4.69) is 21.2 Å². The van der Waals surface area contributed by atoms with E-state index >= 15 is 0 Å². The number of carbonyl (C=O) groups is 3. The van der Waals surface area contributed by atoms with E-state index in [4.69, 9.17) is 9.47 Å². The van der Waals surface area contributed by atoms with Crippen molar-refractivity contribution in [3.63, 3.8) is 0 Å². The summed E-state index contributed by atoms with van der Waals surface area (Å²) in [6, 6.07) is 5.80. The summed E-state index contributed by atoms with van der Waals surface area (Å²) in [6.07, 6.45) is 0.980. The van der Waals surface area contributed by atoms with Gasteiger partial charge >= 0.3 is 12.1 Å². The number of thioether (sulfide) groups is 1. The van der Waals surface area contributed by atoms with Gasteiger partial charge in [-0.15, -0.1) is 11.8 Å². The Morgan fingerprint density at radius 2 is 1.96 bits per heavy atom. The molecule has 1 aromatic carbocycles. The van der Waals surface area contributed by atoms with Crippen molar-refractivity contribution < 1.29 is 23.9 Å². The number of hydrogen-bond acceptors (Lipinski definition) is 6. The molecular formula is C19H25BrN2O5S. The number of benzene rings is 1. The van der Waals surface area contributed by atoms with Crippen molar-refractivity contribution in [1.29, 1.82) is 0 Å². The Hall–Kier alpha value is -1.74. The Morgan fingerprint density at radius 3 is 2.61 bits per heavy atom. The minimum absolute atomic E-state index is 0.0309. The zero-order valence-corrected chi connectivity index (χ0v) is 18.4. The fourth-order valence-corrected chi connectivity index (χ4v) is 4.07. The first kappa shape index (κ1) is 22.5. The lowest BCUT2D eigenvalue weighted by atomic mass is 10.1. The maximum atomic E-state index is 12.0. The third-order valence-electron chi connectivity index (χ3n) is 4.23. The molecule has 28 heavy (non-hydrogen) atoms. The summed E-state index contributed by atoms with van der Waals surface area (Å²) in [6.45, 7) is 4.86. The first-order chi connectivity index (χ1) is 13.4. The Kier molecular flexibility index (Phi) is 9.11. The lowest BCUT2D eigenvalue weighted by Gasteiger charge is -2.31. The number of esters is 1. The van der Waals surface area contributed by atoms with Crippen LogP contribution in [0.5, 0.6) is 0 Å². The number of ether oxygens (including phenoxy) is 2.